The molecule has 0 N–H and O–H groups in total. The van der Waals surface area contributed by atoms with E-state index in [9.17, 15) is 0 Å². The van der Waals surface area contributed by atoms with Gasteiger partial charge in [-0.15, -0.1) is 0 Å². The molecule has 0 saturated carbocycles. The molecule has 10 rings (SSSR count). The Labute approximate surface area is 261 Å². The summed E-state index contributed by atoms with van der Waals surface area (Å²) >= 11 is 0. The molecule has 1 aliphatic rings. The predicted molar refractivity (Wildman–Crippen MR) is 189 cm³/mol. The van der Waals surface area contributed by atoms with E-state index < -0.39 is 0 Å². The van der Waals surface area contributed by atoms with Crippen LogP contribution in [0.3, 0.4) is 0 Å². The van der Waals surface area contributed by atoms with Crippen LogP contribution in [0.2, 0.25) is 0 Å². The van der Waals surface area contributed by atoms with Crippen molar-refractivity contribution in [2.75, 3.05) is 0 Å². The van der Waals surface area contributed by atoms with Gasteiger partial charge in [0.15, 0.2) is 0 Å². The van der Waals surface area contributed by atoms with Crippen LogP contribution < -0.4 is 0 Å². The molecular weight excluding hydrogens is 544 g/mol. The number of benzene rings is 7. The van der Waals surface area contributed by atoms with Gasteiger partial charge in [0.25, 0.3) is 0 Å². The third kappa shape index (κ3) is 3.51. The number of rotatable bonds is 3. The normalized spacial score (nSPS) is 12.9. The number of hydrogen-bond acceptors (Lipinski definition) is 1. The second-order valence-corrected chi connectivity index (χ2v) is 12.1. The van der Waals surface area contributed by atoms with Crippen LogP contribution in [0.25, 0.3) is 93.7 Å². The van der Waals surface area contributed by atoms with Crippen molar-refractivity contribution in [2.45, 2.75) is 12.8 Å². The summed E-state index contributed by atoms with van der Waals surface area (Å²) in [6.45, 7) is 0. The van der Waals surface area contributed by atoms with Gasteiger partial charge in [-0.2, -0.15) is 0 Å². The van der Waals surface area contributed by atoms with Crippen molar-refractivity contribution in [3.63, 3.8) is 0 Å². The van der Waals surface area contributed by atoms with E-state index in [4.69, 9.17) is 4.42 Å². The zero-order chi connectivity index (χ0) is 29.5. The van der Waals surface area contributed by atoms with Crippen LogP contribution in [0.1, 0.15) is 17.5 Å². The van der Waals surface area contributed by atoms with Crippen LogP contribution in [0, 0.1) is 12.1 Å². The van der Waals surface area contributed by atoms with Gasteiger partial charge in [-0.3, -0.25) is 0 Å². The van der Waals surface area contributed by atoms with Gasteiger partial charge in [0, 0.05) is 21.7 Å². The zero-order valence-corrected chi connectivity index (χ0v) is 24.5. The predicted octanol–water partition coefficient (Wildman–Crippen LogP) is 12.0. The highest BCUT2D eigenvalue weighted by atomic mass is 16.3. The zero-order valence-electron chi connectivity index (χ0n) is 24.5. The third-order valence-corrected chi connectivity index (χ3v) is 9.70. The number of allylic oxidation sites excluding steroid dienone is 1. The smallest absolute Gasteiger partial charge is 0.136 e. The minimum atomic E-state index is 0.947. The van der Waals surface area contributed by atoms with Gasteiger partial charge in [-0.25, -0.2) is 0 Å². The van der Waals surface area contributed by atoms with Crippen molar-refractivity contribution in [2.24, 2.45) is 0 Å². The Bertz CT molecular complexity index is 2650. The Hall–Kier alpha value is -5.84. The molecule has 0 spiro atoms. The van der Waals surface area contributed by atoms with E-state index in [1.54, 1.807) is 0 Å². The lowest BCUT2D eigenvalue weighted by Crippen LogP contribution is -2.03. The highest BCUT2D eigenvalue weighted by Crippen LogP contribution is 2.50. The summed E-state index contributed by atoms with van der Waals surface area (Å²) < 4.78 is 6.34. The first-order valence-corrected chi connectivity index (χ1v) is 15.7. The molecule has 1 aromatic heterocycles. The quantitative estimate of drug-likeness (QED) is 0.193. The Balaban J connectivity index is 1.32. The van der Waals surface area contributed by atoms with E-state index in [2.05, 4.69) is 146 Å². The van der Waals surface area contributed by atoms with E-state index in [-0.39, 0.29) is 0 Å². The topological polar surface area (TPSA) is 13.1 Å². The van der Waals surface area contributed by atoms with E-state index >= 15 is 0 Å². The van der Waals surface area contributed by atoms with Crippen molar-refractivity contribution in [1.29, 1.82) is 0 Å². The summed E-state index contributed by atoms with van der Waals surface area (Å²) in [5.41, 5.74) is 12.0. The average Bonchev–Trinajstić information content (AvgIpc) is 3.49. The standard InChI is InChI=1S/C44H26O/c1-2-12-28-25-29(24-23-27(28)11-1)31-14-3-4-15-32(31)42-33-16-5-7-18-35(33)43(36-19-8-6-17-34(36)42)38-26-30-13-9-21-39-41(30)44-37(38)20-10-22-40(44)45-39/h1-5,7-16,18-22,25-26H,6,17H2. The second-order valence-electron chi connectivity index (χ2n) is 12.1. The largest absolute Gasteiger partial charge is 0.456 e. The van der Waals surface area contributed by atoms with Crippen molar-refractivity contribution < 1.29 is 4.42 Å². The summed E-state index contributed by atoms with van der Waals surface area (Å²) in [5, 5.41) is 9.71. The first-order chi connectivity index (χ1) is 22.3. The molecule has 0 fully saturated rings. The fourth-order valence-corrected chi connectivity index (χ4v) is 7.80. The highest BCUT2D eigenvalue weighted by molar-refractivity contribution is 6.27. The molecule has 1 nitrogen and oxygen atoms in total. The molecule has 0 amide bonds. The molecule has 0 aliphatic heterocycles. The minimum Gasteiger partial charge on any atom is -0.456 e. The molecule has 1 aliphatic carbocycles. The number of hydrogen-bond donors (Lipinski definition) is 0. The van der Waals surface area contributed by atoms with E-state index in [1.807, 2.05) is 0 Å². The Kier molecular flexibility index (Phi) is 5.10. The van der Waals surface area contributed by atoms with Crippen LogP contribution in [0.4, 0.5) is 0 Å². The van der Waals surface area contributed by atoms with Gasteiger partial charge in [-0.1, -0.05) is 115 Å². The van der Waals surface area contributed by atoms with Crippen molar-refractivity contribution >= 4 is 60.3 Å². The molecule has 0 bridgehead atoms. The molecule has 0 atom stereocenters. The number of fused-ring (bicyclic) bond motifs is 3. The molecule has 0 saturated heterocycles. The van der Waals surface area contributed by atoms with Crippen molar-refractivity contribution in [3.8, 4) is 33.4 Å². The van der Waals surface area contributed by atoms with Crippen LogP contribution in [-0.2, 0) is 6.42 Å². The van der Waals surface area contributed by atoms with Gasteiger partial charge < -0.3 is 4.42 Å². The maximum absolute atomic E-state index is 6.34. The summed E-state index contributed by atoms with van der Waals surface area (Å²) in [5.74, 6) is 0. The maximum Gasteiger partial charge on any atom is 0.136 e. The third-order valence-electron chi connectivity index (χ3n) is 9.70. The summed E-state index contributed by atoms with van der Waals surface area (Å²) in [6.07, 6.45) is 6.73. The molecule has 1 heteroatoms. The lowest BCUT2D eigenvalue weighted by Gasteiger charge is -2.25. The van der Waals surface area contributed by atoms with Gasteiger partial charge >= 0.3 is 0 Å². The van der Waals surface area contributed by atoms with Crippen LogP contribution in [0.15, 0.2) is 132 Å². The van der Waals surface area contributed by atoms with Crippen LogP contribution in [0.5, 0.6) is 0 Å². The van der Waals surface area contributed by atoms with E-state index in [1.165, 1.54) is 76.6 Å². The molecular formula is C44H26O. The molecule has 0 radical (unpaired) electrons. The monoisotopic (exact) mass is 570 g/mol. The SMILES string of the molecule is c1c(-c2ccccc2-c2c3c(c(-c4cc5cccc6oc7cccc4c7c56)c4ccccc24)C=CCC3)cc2ccccc2c#1. The van der Waals surface area contributed by atoms with Crippen LogP contribution >= 0.6 is 0 Å². The minimum absolute atomic E-state index is 0.947. The summed E-state index contributed by atoms with van der Waals surface area (Å²) in [6, 6.07) is 50.7. The maximum atomic E-state index is 6.34. The van der Waals surface area contributed by atoms with Gasteiger partial charge in [0.1, 0.15) is 11.2 Å². The molecule has 1 heterocycles. The summed E-state index contributed by atoms with van der Waals surface area (Å²) in [7, 11) is 0. The Morgan fingerprint density at radius 1 is 0.533 bits per heavy atom. The first-order valence-electron chi connectivity index (χ1n) is 15.7. The second kappa shape index (κ2) is 9.33. The summed E-state index contributed by atoms with van der Waals surface area (Å²) in [4.78, 5) is 0. The molecule has 8 aromatic carbocycles. The molecule has 0 unspecified atom stereocenters. The molecule has 45 heavy (non-hydrogen) atoms. The average molecular weight is 571 g/mol. The fraction of sp³-hybridized carbons (Fsp3) is 0.0455. The number of furan rings is 1. The molecule has 208 valence electrons. The van der Waals surface area contributed by atoms with Crippen molar-refractivity contribution in [3.05, 3.63) is 151 Å². The Morgan fingerprint density at radius 3 is 2.16 bits per heavy atom. The van der Waals surface area contributed by atoms with E-state index in [0.717, 1.165) is 35.0 Å². The lowest BCUT2D eigenvalue weighted by atomic mass is 9.78. The fourth-order valence-electron chi connectivity index (χ4n) is 7.80. The lowest BCUT2D eigenvalue weighted by molar-refractivity contribution is 0.669. The van der Waals surface area contributed by atoms with Gasteiger partial charge in [0.05, 0.1) is 0 Å². The first kappa shape index (κ1) is 24.6. The van der Waals surface area contributed by atoms with Crippen molar-refractivity contribution in [1.82, 2.24) is 0 Å². The highest BCUT2D eigenvalue weighted by Gasteiger charge is 2.25. The van der Waals surface area contributed by atoms with E-state index in [0.29, 0.717) is 0 Å². The van der Waals surface area contributed by atoms with Crippen LogP contribution in [-0.4, -0.2) is 0 Å². The Morgan fingerprint density at radius 2 is 1.24 bits per heavy atom. The van der Waals surface area contributed by atoms with Gasteiger partial charge in [-0.05, 0) is 109 Å². The molecule has 9 aromatic rings. The van der Waals surface area contributed by atoms with Gasteiger partial charge in [0.2, 0.25) is 0 Å².